The number of aromatic nitrogens is 1. The summed E-state index contributed by atoms with van der Waals surface area (Å²) in [7, 11) is 3.54. The Morgan fingerprint density at radius 2 is 2.29 bits per heavy atom. The predicted octanol–water partition coefficient (Wildman–Crippen LogP) is 2.91. The van der Waals surface area contributed by atoms with Gasteiger partial charge in [-0.25, -0.2) is 4.98 Å². The quantitative estimate of drug-likeness (QED) is 0.798. The van der Waals surface area contributed by atoms with Gasteiger partial charge < -0.3 is 9.64 Å². The van der Waals surface area contributed by atoms with Crippen LogP contribution in [0.15, 0.2) is 23.6 Å². The van der Waals surface area contributed by atoms with Crippen LogP contribution in [0.2, 0.25) is 0 Å². The standard InChI is InChI=1S/C16H18N2O2S/c1-18-14-6-5-11(8-12(14)9-16(18)19)13-10-21-15(17-13)4-3-7-20-2/h5-6,8,10H,3-4,7,9H2,1-2H3. The lowest BCUT2D eigenvalue weighted by Crippen LogP contribution is -2.20. The van der Waals surface area contributed by atoms with Gasteiger partial charge in [0.05, 0.1) is 17.1 Å². The van der Waals surface area contributed by atoms with E-state index in [2.05, 4.69) is 16.4 Å². The monoisotopic (exact) mass is 302 g/mol. The third-order valence-corrected chi connectivity index (χ3v) is 4.65. The number of nitrogens with zero attached hydrogens (tertiary/aromatic N) is 2. The predicted molar refractivity (Wildman–Crippen MR) is 84.9 cm³/mol. The molecule has 0 radical (unpaired) electrons. The Hall–Kier alpha value is -1.72. The minimum atomic E-state index is 0.153. The molecule has 2 heterocycles. The minimum Gasteiger partial charge on any atom is -0.385 e. The fourth-order valence-corrected chi connectivity index (χ4v) is 3.41. The highest BCUT2D eigenvalue weighted by Crippen LogP contribution is 2.32. The number of likely N-dealkylation sites (N-methyl/N-ethyl adjacent to an activating group) is 1. The van der Waals surface area contributed by atoms with E-state index >= 15 is 0 Å². The van der Waals surface area contributed by atoms with Gasteiger partial charge in [-0.2, -0.15) is 0 Å². The molecule has 1 aliphatic rings. The summed E-state index contributed by atoms with van der Waals surface area (Å²) in [6.45, 7) is 0.766. The highest BCUT2D eigenvalue weighted by atomic mass is 32.1. The number of fused-ring (bicyclic) bond motifs is 1. The summed E-state index contributed by atoms with van der Waals surface area (Å²) in [5.41, 5.74) is 4.19. The average Bonchev–Trinajstić information content (AvgIpc) is 3.05. The number of hydrogen-bond donors (Lipinski definition) is 0. The molecule has 0 atom stereocenters. The topological polar surface area (TPSA) is 42.4 Å². The molecule has 0 aliphatic carbocycles. The Labute approximate surface area is 128 Å². The summed E-state index contributed by atoms with van der Waals surface area (Å²) in [6.07, 6.45) is 2.43. The van der Waals surface area contributed by atoms with Crippen molar-refractivity contribution in [3.63, 3.8) is 0 Å². The number of aryl methyl sites for hydroxylation is 1. The van der Waals surface area contributed by atoms with Crippen molar-refractivity contribution in [1.29, 1.82) is 0 Å². The van der Waals surface area contributed by atoms with Gasteiger partial charge in [-0.3, -0.25) is 4.79 Å². The first-order chi connectivity index (χ1) is 10.2. The van der Waals surface area contributed by atoms with Crippen molar-refractivity contribution in [1.82, 2.24) is 4.98 Å². The Morgan fingerprint density at radius 1 is 1.43 bits per heavy atom. The van der Waals surface area contributed by atoms with Crippen LogP contribution in [0.5, 0.6) is 0 Å². The van der Waals surface area contributed by atoms with E-state index in [0.717, 1.165) is 47.0 Å². The first-order valence-electron chi connectivity index (χ1n) is 7.02. The highest BCUT2D eigenvalue weighted by molar-refractivity contribution is 7.09. The number of carbonyl (C=O) groups excluding carboxylic acids is 1. The van der Waals surface area contributed by atoms with Crippen LogP contribution in [0, 0.1) is 0 Å². The maximum Gasteiger partial charge on any atom is 0.231 e. The van der Waals surface area contributed by atoms with E-state index in [1.165, 1.54) is 0 Å². The number of anilines is 1. The number of benzene rings is 1. The molecule has 0 spiro atoms. The van der Waals surface area contributed by atoms with Crippen LogP contribution < -0.4 is 4.90 Å². The van der Waals surface area contributed by atoms with E-state index in [1.807, 2.05) is 19.2 Å². The molecule has 1 aliphatic heterocycles. The fraction of sp³-hybridized carbons (Fsp3) is 0.375. The van der Waals surface area contributed by atoms with Gasteiger partial charge >= 0.3 is 0 Å². The van der Waals surface area contributed by atoms with Crippen LogP contribution in [-0.2, 0) is 22.4 Å². The average molecular weight is 302 g/mol. The summed E-state index contributed by atoms with van der Waals surface area (Å²) in [5, 5.41) is 3.22. The molecule has 5 heteroatoms. The lowest BCUT2D eigenvalue weighted by molar-refractivity contribution is -0.117. The molecule has 2 aromatic rings. The van der Waals surface area contributed by atoms with Crippen LogP contribution >= 0.6 is 11.3 Å². The van der Waals surface area contributed by atoms with E-state index in [4.69, 9.17) is 4.74 Å². The lowest BCUT2D eigenvalue weighted by atomic mass is 10.1. The number of carbonyl (C=O) groups is 1. The largest absolute Gasteiger partial charge is 0.385 e. The number of thiazole rings is 1. The van der Waals surface area contributed by atoms with Gasteiger partial charge in [0.25, 0.3) is 0 Å². The molecule has 3 rings (SSSR count). The number of amides is 1. The summed E-state index contributed by atoms with van der Waals surface area (Å²) in [4.78, 5) is 18.1. The Bertz CT molecular complexity index is 666. The molecule has 1 aromatic carbocycles. The molecule has 21 heavy (non-hydrogen) atoms. The number of hydrogen-bond acceptors (Lipinski definition) is 4. The second-order valence-corrected chi connectivity index (χ2v) is 6.14. The maximum atomic E-state index is 11.7. The lowest BCUT2D eigenvalue weighted by Gasteiger charge is -2.09. The third-order valence-electron chi connectivity index (χ3n) is 3.74. The van der Waals surface area contributed by atoms with Crippen molar-refractivity contribution < 1.29 is 9.53 Å². The molecule has 4 nitrogen and oxygen atoms in total. The van der Waals surface area contributed by atoms with Gasteiger partial charge in [0, 0.05) is 43.8 Å². The normalized spacial score (nSPS) is 13.8. The molecular weight excluding hydrogens is 284 g/mol. The van der Waals surface area contributed by atoms with Crippen LogP contribution in [0.4, 0.5) is 5.69 Å². The maximum absolute atomic E-state index is 11.7. The summed E-state index contributed by atoms with van der Waals surface area (Å²) < 4.78 is 5.07. The van der Waals surface area contributed by atoms with Crippen molar-refractivity contribution in [2.24, 2.45) is 0 Å². The minimum absolute atomic E-state index is 0.153. The van der Waals surface area contributed by atoms with Gasteiger partial charge in [0.1, 0.15) is 0 Å². The molecule has 0 unspecified atom stereocenters. The molecule has 0 saturated heterocycles. The van der Waals surface area contributed by atoms with Gasteiger partial charge in [0.2, 0.25) is 5.91 Å². The van der Waals surface area contributed by atoms with E-state index in [-0.39, 0.29) is 5.91 Å². The summed E-state index contributed by atoms with van der Waals surface area (Å²) in [6, 6.07) is 6.14. The third kappa shape index (κ3) is 2.84. The van der Waals surface area contributed by atoms with E-state index in [1.54, 1.807) is 23.3 Å². The molecule has 0 N–H and O–H groups in total. The zero-order valence-electron chi connectivity index (χ0n) is 12.3. The Kier molecular flexibility index (Phi) is 4.03. The van der Waals surface area contributed by atoms with E-state index < -0.39 is 0 Å². The SMILES string of the molecule is COCCCc1nc(-c2ccc3c(c2)CC(=O)N3C)cs1. The van der Waals surface area contributed by atoms with Crippen LogP contribution in [0.1, 0.15) is 17.0 Å². The Balaban J connectivity index is 1.79. The number of rotatable bonds is 5. The van der Waals surface area contributed by atoms with Crippen LogP contribution in [0.3, 0.4) is 0 Å². The number of methoxy groups -OCH3 is 1. The second kappa shape index (κ2) is 5.95. The molecular formula is C16H18N2O2S. The van der Waals surface area contributed by atoms with Crippen LogP contribution in [0.25, 0.3) is 11.3 Å². The highest BCUT2D eigenvalue weighted by Gasteiger charge is 2.24. The molecule has 0 bridgehead atoms. The van der Waals surface area contributed by atoms with Crippen molar-refractivity contribution in [3.8, 4) is 11.3 Å². The molecule has 1 amide bonds. The smallest absolute Gasteiger partial charge is 0.231 e. The second-order valence-electron chi connectivity index (χ2n) is 5.20. The van der Waals surface area contributed by atoms with Gasteiger partial charge in [0.15, 0.2) is 0 Å². The first kappa shape index (κ1) is 14.2. The van der Waals surface area contributed by atoms with Crippen molar-refractivity contribution >= 4 is 22.9 Å². The zero-order valence-corrected chi connectivity index (χ0v) is 13.1. The van der Waals surface area contributed by atoms with Crippen molar-refractivity contribution in [2.45, 2.75) is 19.3 Å². The van der Waals surface area contributed by atoms with Gasteiger partial charge in [-0.05, 0) is 24.1 Å². The molecule has 0 fully saturated rings. The van der Waals surface area contributed by atoms with Gasteiger partial charge in [-0.1, -0.05) is 6.07 Å². The summed E-state index contributed by atoms with van der Waals surface area (Å²) >= 11 is 1.69. The fourth-order valence-electron chi connectivity index (χ4n) is 2.56. The molecule has 0 saturated carbocycles. The first-order valence-corrected chi connectivity index (χ1v) is 7.90. The zero-order chi connectivity index (χ0) is 14.8. The van der Waals surface area contributed by atoms with Crippen molar-refractivity contribution in [2.75, 3.05) is 25.7 Å². The molecule has 1 aromatic heterocycles. The molecule has 110 valence electrons. The van der Waals surface area contributed by atoms with E-state index in [9.17, 15) is 4.79 Å². The Morgan fingerprint density at radius 3 is 3.10 bits per heavy atom. The van der Waals surface area contributed by atoms with Crippen molar-refractivity contribution in [3.05, 3.63) is 34.2 Å². The van der Waals surface area contributed by atoms with E-state index in [0.29, 0.717) is 6.42 Å². The summed E-state index contributed by atoms with van der Waals surface area (Å²) in [5.74, 6) is 0.153. The van der Waals surface area contributed by atoms with Gasteiger partial charge in [-0.15, -0.1) is 11.3 Å². The van der Waals surface area contributed by atoms with Crippen LogP contribution in [-0.4, -0.2) is 31.7 Å². The number of ether oxygens (including phenoxy) is 1.